The molecule has 0 bridgehead atoms. The molecule has 2 aromatic carbocycles. The first-order chi connectivity index (χ1) is 15.0. The van der Waals surface area contributed by atoms with Gasteiger partial charge in [-0.1, -0.05) is 18.2 Å². The third-order valence-corrected chi connectivity index (χ3v) is 8.83. The first-order valence-corrected chi connectivity index (χ1v) is 12.4. The monoisotopic (exact) mass is 453 g/mol. The summed E-state index contributed by atoms with van der Waals surface area (Å²) >= 11 is 1.43. The van der Waals surface area contributed by atoms with Crippen molar-refractivity contribution < 1.29 is 17.9 Å². The van der Waals surface area contributed by atoms with Crippen molar-refractivity contribution in [1.29, 1.82) is 0 Å². The molecule has 0 radical (unpaired) electrons. The zero-order valence-electron chi connectivity index (χ0n) is 16.5. The first kappa shape index (κ1) is 19.0. The summed E-state index contributed by atoms with van der Waals surface area (Å²) in [6, 6.07) is 12.7. The number of hydrogen-bond acceptors (Lipinski definition) is 6. The molecular weight excluding hydrogens is 434 g/mol. The van der Waals surface area contributed by atoms with E-state index < -0.39 is 10.0 Å². The Kier molecular flexibility index (Phi) is 4.21. The number of para-hydroxylation sites is 1. The molecule has 4 heterocycles. The Labute approximate surface area is 183 Å². The SMILES string of the molecule is O=C(C1COc2ccccc21)N1CC2=C(C1)CN(S(=O)(=O)c1ccc3ncsc3c1)C2. The molecular formula is C22H19N3O4S2. The van der Waals surface area contributed by atoms with E-state index in [4.69, 9.17) is 4.74 Å². The highest BCUT2D eigenvalue weighted by molar-refractivity contribution is 7.89. The fourth-order valence-electron chi connectivity index (χ4n) is 4.60. The molecule has 1 amide bonds. The van der Waals surface area contributed by atoms with Gasteiger partial charge >= 0.3 is 0 Å². The minimum atomic E-state index is -3.60. The summed E-state index contributed by atoms with van der Waals surface area (Å²) in [4.78, 5) is 19.5. The Bertz CT molecular complexity index is 1340. The minimum Gasteiger partial charge on any atom is -0.492 e. The lowest BCUT2D eigenvalue weighted by molar-refractivity contribution is -0.131. The molecule has 158 valence electrons. The van der Waals surface area contributed by atoms with Gasteiger partial charge in [0.05, 0.1) is 20.6 Å². The summed E-state index contributed by atoms with van der Waals surface area (Å²) in [5.41, 5.74) is 5.51. The number of amides is 1. The van der Waals surface area contributed by atoms with Crippen molar-refractivity contribution in [1.82, 2.24) is 14.2 Å². The van der Waals surface area contributed by atoms with Crippen LogP contribution in [-0.2, 0) is 14.8 Å². The molecule has 1 atom stereocenters. The van der Waals surface area contributed by atoms with Crippen LogP contribution in [0.25, 0.3) is 10.2 Å². The van der Waals surface area contributed by atoms with Crippen molar-refractivity contribution in [3.8, 4) is 5.75 Å². The van der Waals surface area contributed by atoms with Gasteiger partial charge in [-0.3, -0.25) is 4.79 Å². The second-order valence-electron chi connectivity index (χ2n) is 8.06. The van der Waals surface area contributed by atoms with E-state index in [1.54, 1.807) is 23.7 Å². The lowest BCUT2D eigenvalue weighted by atomic mass is 10.00. The van der Waals surface area contributed by atoms with Crippen LogP contribution in [0.2, 0.25) is 0 Å². The molecule has 1 aromatic heterocycles. The van der Waals surface area contributed by atoms with Gasteiger partial charge in [0.1, 0.15) is 18.3 Å². The number of benzene rings is 2. The number of ether oxygens (including phenoxy) is 1. The number of nitrogens with zero attached hydrogens (tertiary/aromatic N) is 3. The molecule has 6 rings (SSSR count). The van der Waals surface area contributed by atoms with Gasteiger partial charge in [0.15, 0.2) is 0 Å². The van der Waals surface area contributed by atoms with E-state index in [1.165, 1.54) is 15.6 Å². The van der Waals surface area contributed by atoms with Crippen LogP contribution in [0.3, 0.4) is 0 Å². The van der Waals surface area contributed by atoms with Gasteiger partial charge in [-0.15, -0.1) is 11.3 Å². The van der Waals surface area contributed by atoms with Crippen LogP contribution in [0.15, 0.2) is 64.0 Å². The van der Waals surface area contributed by atoms with Crippen molar-refractivity contribution in [2.75, 3.05) is 32.8 Å². The molecule has 3 aromatic rings. The van der Waals surface area contributed by atoms with E-state index >= 15 is 0 Å². The number of hydrogen-bond donors (Lipinski definition) is 0. The Balaban J connectivity index is 1.16. The summed E-state index contributed by atoms with van der Waals surface area (Å²) in [6.07, 6.45) is 0. The van der Waals surface area contributed by atoms with E-state index in [0.717, 1.165) is 32.7 Å². The summed E-state index contributed by atoms with van der Waals surface area (Å²) in [5, 5.41) is 0. The number of thiazole rings is 1. The second kappa shape index (κ2) is 6.88. The number of carbonyl (C=O) groups excluding carboxylic acids is 1. The van der Waals surface area contributed by atoms with Crippen LogP contribution in [0.5, 0.6) is 5.75 Å². The number of rotatable bonds is 3. The maximum absolute atomic E-state index is 13.2. The Hall–Kier alpha value is -2.75. The Morgan fingerprint density at radius 2 is 1.84 bits per heavy atom. The van der Waals surface area contributed by atoms with Crippen LogP contribution in [0, 0.1) is 0 Å². The maximum Gasteiger partial charge on any atom is 0.243 e. The van der Waals surface area contributed by atoms with E-state index in [2.05, 4.69) is 4.98 Å². The normalized spacial score (nSPS) is 20.9. The molecule has 0 N–H and O–H groups in total. The van der Waals surface area contributed by atoms with Gasteiger partial charge in [0.2, 0.25) is 15.9 Å². The average Bonchev–Trinajstić information content (AvgIpc) is 3.54. The molecule has 1 unspecified atom stereocenters. The standard InChI is InChI=1S/C22H19N3O4S2/c26-22(18-12-29-20-4-2-1-3-17(18)20)24-8-14-10-25(11-15(14)9-24)31(27,28)16-5-6-19-21(7-16)30-13-23-19/h1-7,13,18H,8-12H2. The molecule has 0 saturated heterocycles. The average molecular weight is 454 g/mol. The molecule has 3 aliphatic heterocycles. The molecule has 7 nitrogen and oxygen atoms in total. The molecule has 9 heteroatoms. The largest absolute Gasteiger partial charge is 0.492 e. The highest BCUT2D eigenvalue weighted by Crippen LogP contribution is 2.37. The summed E-state index contributed by atoms with van der Waals surface area (Å²) in [6.45, 7) is 1.99. The van der Waals surface area contributed by atoms with Crippen LogP contribution < -0.4 is 4.74 Å². The zero-order chi connectivity index (χ0) is 21.2. The molecule has 0 spiro atoms. The molecule has 0 fully saturated rings. The topological polar surface area (TPSA) is 79.8 Å². The van der Waals surface area contributed by atoms with E-state index in [0.29, 0.717) is 32.8 Å². The third-order valence-electron chi connectivity index (χ3n) is 6.25. The van der Waals surface area contributed by atoms with Crippen molar-refractivity contribution in [3.63, 3.8) is 0 Å². The fourth-order valence-corrected chi connectivity index (χ4v) is 6.85. The first-order valence-electron chi connectivity index (χ1n) is 10.0. The van der Waals surface area contributed by atoms with Crippen LogP contribution in [0.1, 0.15) is 11.5 Å². The summed E-state index contributed by atoms with van der Waals surface area (Å²) < 4.78 is 34.4. The van der Waals surface area contributed by atoms with Crippen LogP contribution >= 0.6 is 11.3 Å². The number of sulfonamides is 1. The quantitative estimate of drug-likeness (QED) is 0.570. The number of carbonyl (C=O) groups is 1. The minimum absolute atomic E-state index is 0.0457. The molecule has 0 saturated carbocycles. The Morgan fingerprint density at radius 1 is 1.06 bits per heavy atom. The van der Waals surface area contributed by atoms with Crippen molar-refractivity contribution in [3.05, 3.63) is 64.7 Å². The van der Waals surface area contributed by atoms with Crippen molar-refractivity contribution in [2.45, 2.75) is 10.8 Å². The summed E-state index contributed by atoms with van der Waals surface area (Å²) in [5.74, 6) is 0.530. The van der Waals surface area contributed by atoms with Crippen molar-refractivity contribution in [2.24, 2.45) is 0 Å². The highest BCUT2D eigenvalue weighted by atomic mass is 32.2. The highest BCUT2D eigenvalue weighted by Gasteiger charge is 2.40. The molecule has 0 aliphatic carbocycles. The number of aromatic nitrogens is 1. The van der Waals surface area contributed by atoms with Crippen LogP contribution in [-0.4, -0.2) is 61.3 Å². The zero-order valence-corrected chi connectivity index (χ0v) is 18.2. The van der Waals surface area contributed by atoms with E-state index in [-0.39, 0.29) is 16.7 Å². The van der Waals surface area contributed by atoms with Gasteiger partial charge in [0.25, 0.3) is 0 Å². The maximum atomic E-state index is 13.2. The predicted molar refractivity (Wildman–Crippen MR) is 117 cm³/mol. The number of fused-ring (bicyclic) bond motifs is 2. The van der Waals surface area contributed by atoms with E-state index in [1.807, 2.05) is 29.2 Å². The van der Waals surface area contributed by atoms with Crippen LogP contribution in [0.4, 0.5) is 0 Å². The molecule has 31 heavy (non-hydrogen) atoms. The van der Waals surface area contributed by atoms with Gasteiger partial charge < -0.3 is 9.64 Å². The summed E-state index contributed by atoms with van der Waals surface area (Å²) in [7, 11) is -3.60. The lowest BCUT2D eigenvalue weighted by Crippen LogP contribution is -2.38. The Morgan fingerprint density at radius 3 is 2.65 bits per heavy atom. The predicted octanol–water partition coefficient (Wildman–Crippen LogP) is 2.62. The lowest BCUT2D eigenvalue weighted by Gasteiger charge is -2.24. The van der Waals surface area contributed by atoms with Gasteiger partial charge in [-0.2, -0.15) is 4.31 Å². The van der Waals surface area contributed by atoms with Gasteiger partial charge in [-0.05, 0) is 35.4 Å². The van der Waals surface area contributed by atoms with Gasteiger partial charge in [0, 0.05) is 31.7 Å². The van der Waals surface area contributed by atoms with E-state index in [9.17, 15) is 13.2 Å². The van der Waals surface area contributed by atoms with Gasteiger partial charge in [-0.25, -0.2) is 13.4 Å². The third kappa shape index (κ3) is 2.99. The fraction of sp³-hybridized carbons (Fsp3) is 0.273. The molecule has 3 aliphatic rings. The second-order valence-corrected chi connectivity index (χ2v) is 10.9. The van der Waals surface area contributed by atoms with Crippen molar-refractivity contribution >= 4 is 37.5 Å². The smallest absolute Gasteiger partial charge is 0.243 e.